The molecule has 0 aromatic rings. The molecule has 0 heterocycles. The fourth-order valence-corrected chi connectivity index (χ4v) is 0.739. The number of rotatable bonds is 3. The van der Waals surface area contributed by atoms with E-state index < -0.39 is 0 Å². The predicted molar refractivity (Wildman–Crippen MR) is 50.1 cm³/mol. The molecule has 1 unspecified atom stereocenters. The molecule has 0 aliphatic heterocycles. The van der Waals surface area contributed by atoms with Crippen LogP contribution in [0.4, 0.5) is 0 Å². The number of nitrogens with two attached hydrogens (primary N) is 1. The molecule has 0 aliphatic carbocycles. The van der Waals surface area contributed by atoms with Crippen molar-refractivity contribution in [2.75, 3.05) is 6.54 Å². The Kier molecular flexibility index (Phi) is 4.04. The summed E-state index contributed by atoms with van der Waals surface area (Å²) in [5.41, 5.74) is 0.101. The van der Waals surface area contributed by atoms with Crippen molar-refractivity contribution in [1.29, 1.82) is 0 Å². The summed E-state index contributed by atoms with van der Waals surface area (Å²) in [7, 11) is 0. The first-order valence-electron chi connectivity index (χ1n) is 4.40. The van der Waals surface area contributed by atoms with E-state index in [1.807, 2.05) is 5.01 Å². The first kappa shape index (κ1) is 10.9. The molecule has 0 saturated carbocycles. The zero-order valence-corrected chi connectivity index (χ0v) is 8.52. The van der Waals surface area contributed by atoms with Gasteiger partial charge in [0.15, 0.2) is 0 Å². The minimum atomic E-state index is 0.101. The molecule has 68 valence electrons. The van der Waals surface area contributed by atoms with Gasteiger partial charge in [0.2, 0.25) is 0 Å². The molecule has 0 aliphatic rings. The van der Waals surface area contributed by atoms with Crippen LogP contribution in [0.3, 0.4) is 0 Å². The van der Waals surface area contributed by atoms with Crippen molar-refractivity contribution >= 4 is 0 Å². The molecule has 0 aromatic carbocycles. The molecule has 2 nitrogen and oxygen atoms in total. The highest BCUT2D eigenvalue weighted by Gasteiger charge is 2.18. The Morgan fingerprint density at radius 1 is 1.36 bits per heavy atom. The van der Waals surface area contributed by atoms with E-state index in [2.05, 4.69) is 34.6 Å². The van der Waals surface area contributed by atoms with Crippen LogP contribution in [0.15, 0.2) is 0 Å². The van der Waals surface area contributed by atoms with Crippen LogP contribution in [0.2, 0.25) is 0 Å². The molecule has 0 spiro atoms. The van der Waals surface area contributed by atoms with E-state index in [4.69, 9.17) is 5.84 Å². The van der Waals surface area contributed by atoms with Gasteiger partial charge in [-0.2, -0.15) is 0 Å². The normalized spacial score (nSPS) is 15.5. The van der Waals surface area contributed by atoms with Crippen molar-refractivity contribution in [3.8, 4) is 0 Å². The minimum absolute atomic E-state index is 0.101. The number of hydrazine groups is 1. The number of hydrogen-bond acceptors (Lipinski definition) is 2. The van der Waals surface area contributed by atoms with Crippen LogP contribution in [0.5, 0.6) is 0 Å². The van der Waals surface area contributed by atoms with Crippen molar-refractivity contribution in [2.24, 2.45) is 11.8 Å². The molecular weight excluding hydrogens is 136 g/mol. The molecule has 0 radical (unpaired) electrons. The Labute approximate surface area is 70.7 Å². The molecule has 11 heavy (non-hydrogen) atoms. The topological polar surface area (TPSA) is 29.3 Å². The second-order valence-electron chi connectivity index (χ2n) is 4.34. The molecule has 0 saturated heterocycles. The van der Waals surface area contributed by atoms with Gasteiger partial charge in [0, 0.05) is 12.1 Å². The highest BCUT2D eigenvalue weighted by atomic mass is 15.4. The Hall–Kier alpha value is -0.0800. The lowest BCUT2D eigenvalue weighted by molar-refractivity contribution is 0.117. The maximum atomic E-state index is 5.86. The van der Waals surface area contributed by atoms with Crippen LogP contribution >= 0.6 is 0 Å². The summed E-state index contributed by atoms with van der Waals surface area (Å²) in [5, 5.41) is 1.92. The fourth-order valence-electron chi connectivity index (χ4n) is 0.739. The summed E-state index contributed by atoms with van der Waals surface area (Å²) in [4.78, 5) is 0. The van der Waals surface area contributed by atoms with Crippen LogP contribution in [0, 0.1) is 5.92 Å². The average molecular weight is 158 g/mol. The van der Waals surface area contributed by atoms with Gasteiger partial charge in [0.25, 0.3) is 0 Å². The maximum absolute atomic E-state index is 5.86. The molecule has 2 N–H and O–H groups in total. The fraction of sp³-hybridized carbons (Fsp3) is 1.00. The van der Waals surface area contributed by atoms with Crippen LogP contribution < -0.4 is 5.84 Å². The molecule has 0 aromatic heterocycles. The molecule has 0 rings (SSSR count). The summed E-state index contributed by atoms with van der Waals surface area (Å²) in [6, 6.07) is 0. The Bertz CT molecular complexity index is 105. The first-order valence-corrected chi connectivity index (χ1v) is 4.40. The lowest BCUT2D eigenvalue weighted by Gasteiger charge is -2.32. The molecule has 0 fully saturated rings. The zero-order chi connectivity index (χ0) is 9.07. The van der Waals surface area contributed by atoms with Crippen LogP contribution in [0.25, 0.3) is 0 Å². The van der Waals surface area contributed by atoms with Crippen LogP contribution in [-0.2, 0) is 0 Å². The Morgan fingerprint density at radius 3 is 2.09 bits per heavy atom. The maximum Gasteiger partial charge on any atom is 0.0267 e. The second kappa shape index (κ2) is 4.07. The summed E-state index contributed by atoms with van der Waals surface area (Å²) in [6.07, 6.45) is 1.20. The van der Waals surface area contributed by atoms with Gasteiger partial charge >= 0.3 is 0 Å². The average Bonchev–Trinajstić information content (AvgIpc) is 1.85. The summed E-state index contributed by atoms with van der Waals surface area (Å²) >= 11 is 0. The van der Waals surface area contributed by atoms with E-state index in [1.54, 1.807) is 0 Å². The van der Waals surface area contributed by atoms with E-state index in [0.717, 1.165) is 6.54 Å². The monoisotopic (exact) mass is 158 g/mol. The van der Waals surface area contributed by atoms with Crippen molar-refractivity contribution < 1.29 is 0 Å². The van der Waals surface area contributed by atoms with Gasteiger partial charge in [-0.25, -0.2) is 5.01 Å². The molecule has 2 heteroatoms. The SMILES string of the molecule is CCC(C)CN(N)C(C)(C)C. The molecule has 0 bridgehead atoms. The molecule has 0 amide bonds. The Morgan fingerprint density at radius 2 is 1.82 bits per heavy atom. The summed E-state index contributed by atoms with van der Waals surface area (Å²) < 4.78 is 0. The minimum Gasteiger partial charge on any atom is -0.268 e. The van der Waals surface area contributed by atoms with Gasteiger partial charge in [0.05, 0.1) is 0 Å². The van der Waals surface area contributed by atoms with E-state index >= 15 is 0 Å². The predicted octanol–water partition coefficient (Wildman–Crippen LogP) is 2.01. The van der Waals surface area contributed by atoms with Gasteiger partial charge in [0.1, 0.15) is 0 Å². The van der Waals surface area contributed by atoms with Crippen molar-refractivity contribution in [1.82, 2.24) is 5.01 Å². The van der Waals surface area contributed by atoms with Crippen LogP contribution in [0.1, 0.15) is 41.0 Å². The highest BCUT2D eigenvalue weighted by molar-refractivity contribution is 4.72. The van der Waals surface area contributed by atoms with Gasteiger partial charge in [-0.3, -0.25) is 5.84 Å². The van der Waals surface area contributed by atoms with Crippen molar-refractivity contribution in [3.05, 3.63) is 0 Å². The van der Waals surface area contributed by atoms with Gasteiger partial charge < -0.3 is 0 Å². The van der Waals surface area contributed by atoms with E-state index in [0.29, 0.717) is 5.92 Å². The molecule has 1 atom stereocenters. The Balaban J connectivity index is 3.77. The quantitative estimate of drug-likeness (QED) is 0.503. The third-order valence-electron chi connectivity index (χ3n) is 2.07. The zero-order valence-electron chi connectivity index (χ0n) is 8.52. The summed E-state index contributed by atoms with van der Waals surface area (Å²) in [5.74, 6) is 6.55. The first-order chi connectivity index (χ1) is 4.88. The lowest BCUT2D eigenvalue weighted by atomic mass is 10.0. The van der Waals surface area contributed by atoms with Crippen molar-refractivity contribution in [2.45, 2.75) is 46.6 Å². The largest absolute Gasteiger partial charge is 0.268 e. The second-order valence-corrected chi connectivity index (χ2v) is 4.34. The standard InChI is InChI=1S/C9H22N2/c1-6-8(2)7-11(10)9(3,4)5/h8H,6-7,10H2,1-5H3. The van der Waals surface area contributed by atoms with Gasteiger partial charge in [-0.1, -0.05) is 20.3 Å². The van der Waals surface area contributed by atoms with Crippen LogP contribution in [-0.4, -0.2) is 17.1 Å². The lowest BCUT2D eigenvalue weighted by Crippen LogP contribution is -2.48. The van der Waals surface area contributed by atoms with E-state index in [-0.39, 0.29) is 5.54 Å². The highest BCUT2D eigenvalue weighted by Crippen LogP contribution is 2.11. The summed E-state index contributed by atoms with van der Waals surface area (Å²) in [6.45, 7) is 11.8. The van der Waals surface area contributed by atoms with E-state index in [9.17, 15) is 0 Å². The van der Waals surface area contributed by atoms with E-state index in [1.165, 1.54) is 6.42 Å². The third kappa shape index (κ3) is 4.38. The van der Waals surface area contributed by atoms with Gasteiger partial charge in [-0.05, 0) is 26.7 Å². The number of nitrogens with zero attached hydrogens (tertiary/aromatic N) is 1. The number of hydrogen-bond donors (Lipinski definition) is 1. The smallest absolute Gasteiger partial charge is 0.0267 e. The van der Waals surface area contributed by atoms with Gasteiger partial charge in [-0.15, -0.1) is 0 Å². The van der Waals surface area contributed by atoms with Crippen molar-refractivity contribution in [3.63, 3.8) is 0 Å². The third-order valence-corrected chi connectivity index (χ3v) is 2.07. The molecular formula is C9H22N2.